The molecule has 0 saturated carbocycles. The van der Waals surface area contributed by atoms with Crippen LogP contribution in [0.25, 0.3) is 10.8 Å². The number of amides is 2. The molecule has 0 saturated heterocycles. The van der Waals surface area contributed by atoms with Gasteiger partial charge in [-0.3, -0.25) is 4.79 Å². The van der Waals surface area contributed by atoms with Crippen molar-refractivity contribution in [2.45, 2.75) is 13.0 Å². The van der Waals surface area contributed by atoms with E-state index in [0.717, 1.165) is 12.1 Å². The zero-order valence-electron chi connectivity index (χ0n) is 14.4. The van der Waals surface area contributed by atoms with E-state index in [9.17, 15) is 22.8 Å². The van der Waals surface area contributed by atoms with Gasteiger partial charge in [0.25, 0.3) is 5.56 Å². The van der Waals surface area contributed by atoms with Crippen molar-refractivity contribution in [3.05, 3.63) is 69.9 Å². The normalized spacial score (nSPS) is 12.0. The zero-order chi connectivity index (χ0) is 19.7. The Kier molecular flexibility index (Phi) is 4.85. The van der Waals surface area contributed by atoms with Gasteiger partial charge in [-0.25, -0.2) is 23.1 Å². The molecule has 0 fully saturated rings. The molecular weight excluding hydrogens is 361 g/mol. The number of carbonyl (C=O) groups excluding carboxylic acids is 1. The Morgan fingerprint density at radius 3 is 2.33 bits per heavy atom. The molecule has 0 radical (unpaired) electrons. The summed E-state index contributed by atoms with van der Waals surface area (Å²) in [5.41, 5.74) is -0.0913. The summed E-state index contributed by atoms with van der Waals surface area (Å²) in [6, 6.07) is 5.66. The molecule has 1 aromatic heterocycles. The van der Waals surface area contributed by atoms with Gasteiger partial charge in [0.1, 0.15) is 5.82 Å². The molecule has 1 atom stereocenters. The summed E-state index contributed by atoms with van der Waals surface area (Å²) in [5.74, 6) is -2.71. The molecule has 2 amide bonds. The molecule has 2 N–H and O–H groups in total. The number of carbonyl (C=O) groups is 1. The van der Waals surface area contributed by atoms with Crippen LogP contribution < -0.4 is 10.9 Å². The topological polar surface area (TPSA) is 78.1 Å². The minimum absolute atomic E-state index is 0.0712. The second-order valence-corrected chi connectivity index (χ2v) is 5.97. The number of rotatable bonds is 3. The maximum Gasteiger partial charge on any atom is 0.322 e. The van der Waals surface area contributed by atoms with E-state index >= 15 is 0 Å². The molecule has 3 aromatic rings. The number of benzene rings is 2. The Morgan fingerprint density at radius 1 is 1.11 bits per heavy atom. The summed E-state index contributed by atoms with van der Waals surface area (Å²) in [7, 11) is 1.47. The smallest absolute Gasteiger partial charge is 0.319 e. The molecule has 140 valence electrons. The molecule has 0 spiro atoms. The number of aromatic amines is 1. The summed E-state index contributed by atoms with van der Waals surface area (Å²) < 4.78 is 40.1. The Hall–Kier alpha value is -3.36. The molecule has 1 unspecified atom stereocenters. The first-order valence-corrected chi connectivity index (χ1v) is 7.94. The van der Waals surface area contributed by atoms with Gasteiger partial charge in [0, 0.05) is 18.1 Å². The van der Waals surface area contributed by atoms with Crippen molar-refractivity contribution in [1.82, 2.24) is 15.1 Å². The molecule has 9 heteroatoms. The van der Waals surface area contributed by atoms with Gasteiger partial charge in [-0.2, -0.15) is 5.10 Å². The lowest BCUT2D eigenvalue weighted by Crippen LogP contribution is -2.34. The van der Waals surface area contributed by atoms with E-state index in [4.69, 9.17) is 0 Å². The number of H-pyrrole nitrogens is 1. The third-order valence-electron chi connectivity index (χ3n) is 4.25. The number of nitrogens with one attached hydrogen (secondary N) is 2. The van der Waals surface area contributed by atoms with Gasteiger partial charge >= 0.3 is 6.03 Å². The van der Waals surface area contributed by atoms with Crippen molar-refractivity contribution in [1.29, 1.82) is 0 Å². The Bertz CT molecular complexity index is 1070. The largest absolute Gasteiger partial charge is 0.322 e. The average molecular weight is 376 g/mol. The summed E-state index contributed by atoms with van der Waals surface area (Å²) in [5, 5.41) is 8.75. The van der Waals surface area contributed by atoms with Crippen molar-refractivity contribution in [3.8, 4) is 0 Å². The number of halogens is 3. The summed E-state index contributed by atoms with van der Waals surface area (Å²) >= 11 is 0. The van der Waals surface area contributed by atoms with Crippen molar-refractivity contribution in [3.63, 3.8) is 0 Å². The highest BCUT2D eigenvalue weighted by Crippen LogP contribution is 2.25. The van der Waals surface area contributed by atoms with E-state index in [1.165, 1.54) is 36.2 Å². The SMILES string of the molecule is CC(c1n[nH]c(=O)c2cc(F)c(F)cc12)N(C)C(=O)Nc1ccc(F)cc1. The molecule has 0 aliphatic carbocycles. The first-order valence-electron chi connectivity index (χ1n) is 7.94. The number of urea groups is 1. The van der Waals surface area contributed by atoms with Crippen LogP contribution in [0.15, 0.2) is 41.2 Å². The second-order valence-electron chi connectivity index (χ2n) is 5.97. The average Bonchev–Trinajstić information content (AvgIpc) is 2.64. The lowest BCUT2D eigenvalue weighted by Gasteiger charge is -2.25. The maximum atomic E-state index is 13.7. The third-order valence-corrected chi connectivity index (χ3v) is 4.25. The van der Waals surface area contributed by atoms with E-state index in [-0.39, 0.29) is 16.5 Å². The van der Waals surface area contributed by atoms with E-state index in [0.29, 0.717) is 5.69 Å². The highest BCUT2D eigenvalue weighted by Gasteiger charge is 2.23. The van der Waals surface area contributed by atoms with Crippen molar-refractivity contribution >= 4 is 22.5 Å². The molecule has 6 nitrogen and oxygen atoms in total. The number of anilines is 1. The molecule has 2 aromatic carbocycles. The summed E-state index contributed by atoms with van der Waals surface area (Å²) in [6.07, 6.45) is 0. The van der Waals surface area contributed by atoms with Gasteiger partial charge in [-0.1, -0.05) is 0 Å². The van der Waals surface area contributed by atoms with Crippen LogP contribution in [0.5, 0.6) is 0 Å². The fraction of sp³-hybridized carbons (Fsp3) is 0.167. The maximum absolute atomic E-state index is 13.7. The van der Waals surface area contributed by atoms with Crippen LogP contribution in [0.1, 0.15) is 18.7 Å². The van der Waals surface area contributed by atoms with Gasteiger partial charge in [0.15, 0.2) is 11.6 Å². The van der Waals surface area contributed by atoms with Crippen LogP contribution in [-0.4, -0.2) is 28.2 Å². The number of aromatic nitrogens is 2. The zero-order valence-corrected chi connectivity index (χ0v) is 14.4. The van der Waals surface area contributed by atoms with E-state index in [1.54, 1.807) is 6.92 Å². The minimum Gasteiger partial charge on any atom is -0.319 e. The van der Waals surface area contributed by atoms with Crippen molar-refractivity contribution in [2.24, 2.45) is 0 Å². The van der Waals surface area contributed by atoms with Gasteiger partial charge in [0.05, 0.1) is 17.1 Å². The van der Waals surface area contributed by atoms with Gasteiger partial charge in [-0.05, 0) is 43.3 Å². The highest BCUT2D eigenvalue weighted by atomic mass is 19.2. The number of hydrogen-bond acceptors (Lipinski definition) is 3. The monoisotopic (exact) mass is 376 g/mol. The van der Waals surface area contributed by atoms with Crippen LogP contribution in [0.3, 0.4) is 0 Å². The van der Waals surface area contributed by atoms with Crippen LogP contribution in [-0.2, 0) is 0 Å². The molecular formula is C18H15F3N4O2. The fourth-order valence-electron chi connectivity index (χ4n) is 2.60. The Labute approximate surface area is 151 Å². The highest BCUT2D eigenvalue weighted by molar-refractivity contribution is 5.90. The van der Waals surface area contributed by atoms with Crippen LogP contribution in [0, 0.1) is 17.5 Å². The summed E-state index contributed by atoms with van der Waals surface area (Å²) in [4.78, 5) is 25.6. The van der Waals surface area contributed by atoms with Gasteiger partial charge in [0.2, 0.25) is 0 Å². The first-order chi connectivity index (χ1) is 12.8. The van der Waals surface area contributed by atoms with Crippen molar-refractivity contribution in [2.75, 3.05) is 12.4 Å². The molecule has 1 heterocycles. The first kappa shape index (κ1) is 18.4. The second kappa shape index (κ2) is 7.10. The predicted molar refractivity (Wildman–Crippen MR) is 93.9 cm³/mol. The quantitative estimate of drug-likeness (QED) is 0.734. The Balaban J connectivity index is 1.92. The molecule has 27 heavy (non-hydrogen) atoms. The molecule has 0 bridgehead atoms. The third kappa shape index (κ3) is 3.62. The number of hydrogen-bond donors (Lipinski definition) is 2. The van der Waals surface area contributed by atoms with Crippen LogP contribution in [0.4, 0.5) is 23.7 Å². The standard InChI is InChI=1S/C18H15F3N4O2/c1-9(25(2)18(27)22-11-5-3-10(19)4-6-11)16-12-7-14(20)15(21)8-13(12)17(26)24-23-16/h3-9H,1-2H3,(H,22,27)(H,24,26). The van der Waals surface area contributed by atoms with Crippen molar-refractivity contribution < 1.29 is 18.0 Å². The van der Waals surface area contributed by atoms with E-state index in [1.807, 2.05) is 0 Å². The predicted octanol–water partition coefficient (Wildman–Crippen LogP) is 3.57. The van der Waals surface area contributed by atoms with Crippen LogP contribution in [0.2, 0.25) is 0 Å². The van der Waals surface area contributed by atoms with E-state index in [2.05, 4.69) is 15.5 Å². The number of fused-ring (bicyclic) bond motifs is 1. The molecule has 0 aliphatic rings. The van der Waals surface area contributed by atoms with Gasteiger partial charge in [-0.15, -0.1) is 0 Å². The lowest BCUT2D eigenvalue weighted by molar-refractivity contribution is 0.207. The fourth-order valence-corrected chi connectivity index (χ4v) is 2.60. The lowest BCUT2D eigenvalue weighted by atomic mass is 10.1. The van der Waals surface area contributed by atoms with E-state index < -0.39 is 35.1 Å². The Morgan fingerprint density at radius 2 is 1.70 bits per heavy atom. The number of nitrogens with zero attached hydrogens (tertiary/aromatic N) is 2. The summed E-state index contributed by atoms with van der Waals surface area (Å²) in [6.45, 7) is 1.62. The molecule has 0 aliphatic heterocycles. The van der Waals surface area contributed by atoms with Crippen LogP contribution >= 0.6 is 0 Å². The minimum atomic E-state index is -1.15. The molecule has 3 rings (SSSR count). The van der Waals surface area contributed by atoms with Gasteiger partial charge < -0.3 is 10.2 Å².